The Hall–Kier alpha value is -3.63. The average molecular weight is 504 g/mol. The molecular weight excluding hydrogens is 474 g/mol. The van der Waals surface area contributed by atoms with Crippen LogP contribution in [0.5, 0.6) is 0 Å². The highest BCUT2D eigenvalue weighted by molar-refractivity contribution is 7.84. The quantitative estimate of drug-likeness (QED) is 0.431. The van der Waals surface area contributed by atoms with Crippen molar-refractivity contribution >= 4 is 33.6 Å². The topological polar surface area (TPSA) is 96.2 Å². The molecule has 0 bridgehead atoms. The van der Waals surface area contributed by atoms with Gasteiger partial charge in [-0.1, -0.05) is 29.8 Å². The maximum atomic E-state index is 13.1. The molecule has 1 aliphatic rings. The summed E-state index contributed by atoms with van der Waals surface area (Å²) in [4.78, 5) is 27.1. The Morgan fingerprint density at radius 1 is 1.08 bits per heavy atom. The minimum atomic E-state index is -1.02. The van der Waals surface area contributed by atoms with Crippen molar-refractivity contribution in [3.63, 3.8) is 0 Å². The predicted molar refractivity (Wildman–Crippen MR) is 141 cm³/mol. The van der Waals surface area contributed by atoms with E-state index in [1.165, 1.54) is 11.9 Å². The highest BCUT2D eigenvalue weighted by atomic mass is 32.2. The molecule has 0 radical (unpaired) electrons. The van der Waals surface area contributed by atoms with Crippen molar-refractivity contribution in [1.82, 2.24) is 30.0 Å². The van der Waals surface area contributed by atoms with E-state index < -0.39 is 10.8 Å². The Morgan fingerprint density at radius 2 is 1.83 bits per heavy atom. The van der Waals surface area contributed by atoms with Crippen molar-refractivity contribution in [1.29, 1.82) is 0 Å². The molecule has 0 spiro atoms. The van der Waals surface area contributed by atoms with E-state index in [1.54, 1.807) is 6.26 Å². The summed E-state index contributed by atoms with van der Waals surface area (Å²) >= 11 is 0. The van der Waals surface area contributed by atoms with Crippen LogP contribution in [0, 0.1) is 6.92 Å². The summed E-state index contributed by atoms with van der Waals surface area (Å²) in [5.41, 5.74) is 3.73. The van der Waals surface area contributed by atoms with Crippen molar-refractivity contribution in [2.24, 2.45) is 0 Å². The zero-order chi connectivity index (χ0) is 25.2. The first kappa shape index (κ1) is 24.1. The van der Waals surface area contributed by atoms with Gasteiger partial charge >= 0.3 is 0 Å². The lowest BCUT2D eigenvalue weighted by Gasteiger charge is -2.39. The summed E-state index contributed by atoms with van der Waals surface area (Å²) in [7, 11) is 0.953. The van der Waals surface area contributed by atoms with Gasteiger partial charge in [-0.05, 0) is 43.8 Å². The number of aromatic nitrogens is 4. The molecule has 0 saturated carbocycles. The molecule has 4 aromatic rings. The molecule has 2 aromatic carbocycles. The molecule has 1 aliphatic heterocycles. The summed E-state index contributed by atoms with van der Waals surface area (Å²) in [6, 6.07) is 15.3. The van der Waals surface area contributed by atoms with E-state index in [4.69, 9.17) is 0 Å². The zero-order valence-corrected chi connectivity index (χ0v) is 21.4. The van der Waals surface area contributed by atoms with Crippen LogP contribution in [-0.4, -0.2) is 73.7 Å². The lowest BCUT2D eigenvalue weighted by atomic mass is 10.1. The molecule has 1 N–H and O–H groups in total. The van der Waals surface area contributed by atoms with Gasteiger partial charge in [-0.3, -0.25) is 13.9 Å². The van der Waals surface area contributed by atoms with Crippen LogP contribution >= 0.6 is 0 Å². The first-order chi connectivity index (χ1) is 17.4. The zero-order valence-electron chi connectivity index (χ0n) is 20.6. The van der Waals surface area contributed by atoms with Crippen LogP contribution in [0.15, 0.2) is 66.0 Å². The van der Waals surface area contributed by atoms with Crippen LogP contribution < -0.4 is 10.2 Å². The van der Waals surface area contributed by atoms with Gasteiger partial charge in [-0.15, -0.1) is 5.10 Å². The van der Waals surface area contributed by atoms with Crippen molar-refractivity contribution in [2.45, 2.75) is 24.4 Å². The predicted octanol–water partition coefficient (Wildman–Crippen LogP) is 2.30. The van der Waals surface area contributed by atoms with Gasteiger partial charge in [-0.25, -0.2) is 14.6 Å². The molecule has 186 valence electrons. The van der Waals surface area contributed by atoms with Crippen molar-refractivity contribution in [3.8, 4) is 5.69 Å². The molecule has 3 heterocycles. The maximum absolute atomic E-state index is 13.1. The number of nitrogens with zero attached hydrogens (tertiary/aromatic N) is 6. The van der Waals surface area contributed by atoms with Gasteiger partial charge in [0.05, 0.1) is 11.1 Å². The van der Waals surface area contributed by atoms with E-state index in [-0.39, 0.29) is 11.9 Å². The monoisotopic (exact) mass is 503 g/mol. The highest BCUT2D eigenvalue weighted by Gasteiger charge is 2.31. The van der Waals surface area contributed by atoms with Gasteiger partial charge < -0.3 is 10.2 Å². The fourth-order valence-corrected chi connectivity index (χ4v) is 4.88. The largest absolute Gasteiger partial charge is 0.353 e. The van der Waals surface area contributed by atoms with E-state index in [2.05, 4.69) is 49.2 Å². The first-order valence-corrected chi connectivity index (χ1v) is 13.4. The molecule has 2 unspecified atom stereocenters. The van der Waals surface area contributed by atoms with Gasteiger partial charge in [0, 0.05) is 54.3 Å². The highest BCUT2D eigenvalue weighted by Crippen LogP contribution is 2.25. The summed E-state index contributed by atoms with van der Waals surface area (Å²) in [5, 5.41) is 8.56. The van der Waals surface area contributed by atoms with Gasteiger partial charge in [0.15, 0.2) is 5.65 Å². The van der Waals surface area contributed by atoms with Crippen LogP contribution in [0.25, 0.3) is 16.7 Å². The van der Waals surface area contributed by atoms with E-state index in [0.29, 0.717) is 18.7 Å². The number of rotatable bonds is 6. The summed E-state index contributed by atoms with van der Waals surface area (Å²) in [6.07, 6.45) is 5.14. The van der Waals surface area contributed by atoms with Crippen molar-refractivity contribution < 1.29 is 9.00 Å². The summed E-state index contributed by atoms with van der Waals surface area (Å²) in [6.45, 7) is 4.46. The number of piperazine rings is 1. The molecule has 1 saturated heterocycles. The van der Waals surface area contributed by atoms with E-state index in [0.717, 1.165) is 40.4 Å². The lowest BCUT2D eigenvalue weighted by Crippen LogP contribution is -2.57. The van der Waals surface area contributed by atoms with E-state index >= 15 is 0 Å². The van der Waals surface area contributed by atoms with Crippen LogP contribution in [0.3, 0.4) is 0 Å². The van der Waals surface area contributed by atoms with Crippen molar-refractivity contribution in [2.75, 3.05) is 37.8 Å². The second-order valence-electron chi connectivity index (χ2n) is 9.10. The minimum Gasteiger partial charge on any atom is -0.353 e. The Kier molecular flexibility index (Phi) is 6.80. The lowest BCUT2D eigenvalue weighted by molar-refractivity contribution is -0.126. The number of fused-ring (bicyclic) bond motifs is 1. The average Bonchev–Trinajstić information content (AvgIpc) is 3.33. The van der Waals surface area contributed by atoms with Crippen LogP contribution in [0.2, 0.25) is 0 Å². The standard InChI is InChI=1S/C26H29N7O2S/c1-18-4-8-20(9-5-18)33-15-22-24(30-33)28-17-29-25(22)32-13-12-31(2)23(16-32)26(34)27-14-19-6-10-21(11-7-19)36(3)35/h4-11,15,17,23H,12-14,16H2,1-3H3,(H,27,34). The second-order valence-corrected chi connectivity index (χ2v) is 10.5. The number of hydrogen-bond donors (Lipinski definition) is 1. The molecule has 36 heavy (non-hydrogen) atoms. The summed E-state index contributed by atoms with van der Waals surface area (Å²) in [5.74, 6) is 0.749. The van der Waals surface area contributed by atoms with Gasteiger partial charge in [0.25, 0.3) is 0 Å². The number of likely N-dealkylation sites (N-methyl/N-ethyl adjacent to an activating group) is 1. The third-order valence-electron chi connectivity index (χ3n) is 6.57. The first-order valence-electron chi connectivity index (χ1n) is 11.8. The Bertz CT molecular complexity index is 1400. The van der Waals surface area contributed by atoms with Gasteiger partial charge in [-0.2, -0.15) is 0 Å². The molecular formula is C26H29N7O2S. The number of amides is 1. The molecule has 9 nitrogen and oxygen atoms in total. The van der Waals surface area contributed by atoms with Crippen molar-refractivity contribution in [3.05, 3.63) is 72.2 Å². The normalized spacial score (nSPS) is 17.3. The number of anilines is 1. The smallest absolute Gasteiger partial charge is 0.239 e. The third-order valence-corrected chi connectivity index (χ3v) is 7.50. The molecule has 0 aliphatic carbocycles. The maximum Gasteiger partial charge on any atom is 0.239 e. The SMILES string of the molecule is Cc1ccc(-n2cc3c(N4CCN(C)C(C(=O)NCc5ccc(S(C)=O)cc5)C4)ncnc3n2)cc1. The minimum absolute atomic E-state index is 0.0361. The Labute approximate surface area is 212 Å². The number of aryl methyl sites for hydroxylation is 1. The fourth-order valence-electron chi connectivity index (χ4n) is 4.36. The molecule has 10 heteroatoms. The molecule has 1 amide bonds. The molecule has 2 atom stereocenters. The van der Waals surface area contributed by atoms with Crippen LogP contribution in [-0.2, 0) is 22.1 Å². The van der Waals surface area contributed by atoms with Gasteiger partial charge in [0.2, 0.25) is 5.91 Å². The van der Waals surface area contributed by atoms with Crippen LogP contribution in [0.4, 0.5) is 5.82 Å². The van der Waals surface area contributed by atoms with E-state index in [9.17, 15) is 9.00 Å². The van der Waals surface area contributed by atoms with Crippen LogP contribution in [0.1, 0.15) is 11.1 Å². The fraction of sp³-hybridized carbons (Fsp3) is 0.308. The van der Waals surface area contributed by atoms with E-state index in [1.807, 2.05) is 54.3 Å². The van der Waals surface area contributed by atoms with Gasteiger partial charge in [0.1, 0.15) is 18.2 Å². The number of carbonyl (C=O) groups excluding carboxylic acids is 1. The molecule has 1 fully saturated rings. The summed E-state index contributed by atoms with van der Waals surface area (Å²) < 4.78 is 13.4. The Balaban J connectivity index is 1.32. The number of carbonyl (C=O) groups is 1. The second kappa shape index (κ2) is 10.2. The third kappa shape index (κ3) is 5.00. The number of nitrogens with one attached hydrogen (secondary N) is 1. The molecule has 2 aromatic heterocycles. The number of hydrogen-bond acceptors (Lipinski definition) is 7. The molecule has 5 rings (SSSR count). The number of benzene rings is 2. The Morgan fingerprint density at radius 3 is 2.56 bits per heavy atom.